The molecule has 1 N–H and O–H groups in total. The number of nitrogens with one attached hydrogen (secondary N) is 1. The molecule has 0 radical (unpaired) electrons. The highest BCUT2D eigenvalue weighted by Gasteiger charge is 2.08. The minimum Gasteiger partial charge on any atom is -0.305 e. The Hall–Kier alpha value is -1.94. The van der Waals surface area contributed by atoms with Crippen molar-refractivity contribution < 1.29 is 4.79 Å². The van der Waals surface area contributed by atoms with E-state index in [-0.39, 0.29) is 11.1 Å². The summed E-state index contributed by atoms with van der Waals surface area (Å²) in [5, 5.41) is 2.89. The number of hydrogen-bond acceptors (Lipinski definition) is 3. The SMILES string of the molecule is CC(C)c1ccc(C(=O)Nc2cncc(Cl)n2)cc1. The van der Waals surface area contributed by atoms with Gasteiger partial charge < -0.3 is 5.32 Å². The average molecular weight is 276 g/mol. The van der Waals surface area contributed by atoms with E-state index in [2.05, 4.69) is 29.1 Å². The summed E-state index contributed by atoms with van der Waals surface area (Å²) in [6.07, 6.45) is 2.86. The Kier molecular flexibility index (Phi) is 4.12. The third-order valence-corrected chi connectivity index (χ3v) is 2.87. The van der Waals surface area contributed by atoms with E-state index in [0.29, 0.717) is 17.3 Å². The van der Waals surface area contributed by atoms with Gasteiger partial charge in [0.05, 0.1) is 12.4 Å². The van der Waals surface area contributed by atoms with Crippen molar-refractivity contribution in [2.45, 2.75) is 19.8 Å². The zero-order valence-corrected chi connectivity index (χ0v) is 11.5. The Morgan fingerprint density at radius 1 is 1.21 bits per heavy atom. The van der Waals surface area contributed by atoms with Crippen LogP contribution in [0.15, 0.2) is 36.7 Å². The lowest BCUT2D eigenvalue weighted by atomic mass is 10.0. The van der Waals surface area contributed by atoms with E-state index in [9.17, 15) is 4.79 Å². The smallest absolute Gasteiger partial charge is 0.256 e. The van der Waals surface area contributed by atoms with Crippen molar-refractivity contribution in [2.75, 3.05) is 5.32 Å². The summed E-state index contributed by atoms with van der Waals surface area (Å²) >= 11 is 5.71. The molecule has 98 valence electrons. The maximum atomic E-state index is 12.0. The summed E-state index contributed by atoms with van der Waals surface area (Å²) in [4.78, 5) is 19.8. The highest BCUT2D eigenvalue weighted by Crippen LogP contribution is 2.15. The number of anilines is 1. The van der Waals surface area contributed by atoms with Crippen LogP contribution in [0, 0.1) is 0 Å². The van der Waals surface area contributed by atoms with Gasteiger partial charge in [-0.25, -0.2) is 4.98 Å². The van der Waals surface area contributed by atoms with E-state index < -0.39 is 0 Å². The van der Waals surface area contributed by atoms with Crippen molar-refractivity contribution in [1.82, 2.24) is 9.97 Å². The second-order valence-corrected chi connectivity index (χ2v) is 4.85. The van der Waals surface area contributed by atoms with Crippen molar-refractivity contribution >= 4 is 23.3 Å². The van der Waals surface area contributed by atoms with E-state index in [1.165, 1.54) is 18.0 Å². The molecule has 0 spiro atoms. The summed E-state index contributed by atoms with van der Waals surface area (Å²) in [7, 11) is 0. The number of rotatable bonds is 3. The molecule has 1 aromatic carbocycles. The molecule has 4 nitrogen and oxygen atoms in total. The van der Waals surface area contributed by atoms with Crippen molar-refractivity contribution in [3.63, 3.8) is 0 Å². The maximum Gasteiger partial charge on any atom is 0.256 e. The van der Waals surface area contributed by atoms with Crippen LogP contribution < -0.4 is 5.32 Å². The van der Waals surface area contributed by atoms with Crippen LogP contribution in [-0.4, -0.2) is 15.9 Å². The lowest BCUT2D eigenvalue weighted by molar-refractivity contribution is 0.102. The van der Waals surface area contributed by atoms with Crippen LogP contribution >= 0.6 is 11.6 Å². The molecular weight excluding hydrogens is 262 g/mol. The van der Waals surface area contributed by atoms with E-state index in [1.54, 1.807) is 12.1 Å². The predicted octanol–water partition coefficient (Wildman–Crippen LogP) is 3.51. The Balaban J connectivity index is 2.11. The number of nitrogens with zero attached hydrogens (tertiary/aromatic N) is 2. The number of halogens is 1. The van der Waals surface area contributed by atoms with Gasteiger partial charge in [0, 0.05) is 5.56 Å². The fourth-order valence-corrected chi connectivity index (χ4v) is 1.76. The highest BCUT2D eigenvalue weighted by molar-refractivity contribution is 6.29. The first-order chi connectivity index (χ1) is 9.06. The van der Waals surface area contributed by atoms with Gasteiger partial charge in [-0.15, -0.1) is 0 Å². The monoisotopic (exact) mass is 275 g/mol. The molecule has 5 heteroatoms. The molecule has 2 rings (SSSR count). The number of amides is 1. The van der Waals surface area contributed by atoms with Gasteiger partial charge in [-0.05, 0) is 23.6 Å². The van der Waals surface area contributed by atoms with Crippen molar-refractivity contribution in [3.05, 3.63) is 52.9 Å². The molecule has 19 heavy (non-hydrogen) atoms. The van der Waals surface area contributed by atoms with Gasteiger partial charge in [0.1, 0.15) is 5.15 Å². The van der Waals surface area contributed by atoms with E-state index in [1.807, 2.05) is 12.1 Å². The number of carbonyl (C=O) groups is 1. The second kappa shape index (κ2) is 5.80. The number of carbonyl (C=O) groups excluding carboxylic acids is 1. The molecule has 1 heterocycles. The fraction of sp³-hybridized carbons (Fsp3) is 0.214. The summed E-state index contributed by atoms with van der Waals surface area (Å²) < 4.78 is 0. The molecule has 0 fully saturated rings. The van der Waals surface area contributed by atoms with E-state index >= 15 is 0 Å². The highest BCUT2D eigenvalue weighted by atomic mass is 35.5. The summed E-state index contributed by atoms with van der Waals surface area (Å²) in [6.45, 7) is 4.22. The molecule has 1 aromatic heterocycles. The number of hydrogen-bond donors (Lipinski definition) is 1. The first-order valence-electron chi connectivity index (χ1n) is 5.95. The summed E-state index contributed by atoms with van der Waals surface area (Å²) in [5.74, 6) is 0.549. The van der Waals surface area contributed by atoms with Gasteiger partial charge in [0.15, 0.2) is 5.82 Å². The van der Waals surface area contributed by atoms with Crippen LogP contribution in [0.25, 0.3) is 0 Å². The summed E-state index contributed by atoms with van der Waals surface area (Å²) in [6, 6.07) is 7.48. The fourth-order valence-electron chi connectivity index (χ4n) is 1.61. The predicted molar refractivity (Wildman–Crippen MR) is 75.5 cm³/mol. The van der Waals surface area contributed by atoms with Crippen LogP contribution in [0.2, 0.25) is 5.15 Å². The van der Waals surface area contributed by atoms with E-state index in [4.69, 9.17) is 11.6 Å². The lowest BCUT2D eigenvalue weighted by Gasteiger charge is -2.07. The minimum absolute atomic E-state index is 0.230. The number of benzene rings is 1. The first kappa shape index (κ1) is 13.5. The molecule has 0 aliphatic rings. The lowest BCUT2D eigenvalue weighted by Crippen LogP contribution is -2.13. The van der Waals surface area contributed by atoms with Gasteiger partial charge in [0.2, 0.25) is 0 Å². The third kappa shape index (κ3) is 3.51. The molecule has 0 aliphatic carbocycles. The molecule has 0 atom stereocenters. The van der Waals surface area contributed by atoms with Crippen molar-refractivity contribution in [3.8, 4) is 0 Å². The topological polar surface area (TPSA) is 54.9 Å². The largest absolute Gasteiger partial charge is 0.305 e. The van der Waals surface area contributed by atoms with Crippen LogP contribution in [0.4, 0.5) is 5.82 Å². The zero-order chi connectivity index (χ0) is 13.8. The van der Waals surface area contributed by atoms with Gasteiger partial charge in [0.25, 0.3) is 5.91 Å². The van der Waals surface area contributed by atoms with Crippen molar-refractivity contribution in [1.29, 1.82) is 0 Å². The Bertz CT molecular complexity index is 581. The van der Waals surface area contributed by atoms with Crippen LogP contribution in [0.3, 0.4) is 0 Å². The molecule has 0 saturated carbocycles. The molecule has 1 amide bonds. The third-order valence-electron chi connectivity index (χ3n) is 2.69. The molecule has 2 aromatic rings. The normalized spacial score (nSPS) is 10.5. The maximum absolute atomic E-state index is 12.0. The Labute approximate surface area is 116 Å². The van der Waals surface area contributed by atoms with Gasteiger partial charge in [-0.3, -0.25) is 9.78 Å². The zero-order valence-electron chi connectivity index (χ0n) is 10.7. The average Bonchev–Trinajstić information content (AvgIpc) is 2.39. The molecule has 0 bridgehead atoms. The molecule has 0 aliphatic heterocycles. The van der Waals surface area contributed by atoms with E-state index in [0.717, 1.165) is 0 Å². The Morgan fingerprint density at radius 2 is 1.89 bits per heavy atom. The standard InChI is InChI=1S/C14H14ClN3O/c1-9(2)10-3-5-11(6-4-10)14(19)18-13-8-16-7-12(15)17-13/h3-9H,1-2H3,(H,17,18,19). The van der Waals surface area contributed by atoms with Crippen LogP contribution in [-0.2, 0) is 0 Å². The molecular formula is C14H14ClN3O. The van der Waals surface area contributed by atoms with Gasteiger partial charge in [-0.1, -0.05) is 37.6 Å². The minimum atomic E-state index is -0.230. The van der Waals surface area contributed by atoms with Gasteiger partial charge >= 0.3 is 0 Å². The van der Waals surface area contributed by atoms with Gasteiger partial charge in [-0.2, -0.15) is 0 Å². The molecule has 0 saturated heterocycles. The second-order valence-electron chi connectivity index (χ2n) is 4.46. The summed E-state index contributed by atoms with van der Waals surface area (Å²) in [5.41, 5.74) is 1.77. The van der Waals surface area contributed by atoms with Crippen LogP contribution in [0.1, 0.15) is 35.7 Å². The van der Waals surface area contributed by atoms with Crippen molar-refractivity contribution in [2.24, 2.45) is 0 Å². The number of aromatic nitrogens is 2. The molecule has 0 unspecified atom stereocenters. The first-order valence-corrected chi connectivity index (χ1v) is 6.33. The van der Waals surface area contributed by atoms with Crippen LogP contribution in [0.5, 0.6) is 0 Å². The quantitative estimate of drug-likeness (QED) is 0.933. The Morgan fingerprint density at radius 3 is 2.47 bits per heavy atom.